The van der Waals surface area contributed by atoms with Crippen LogP contribution in [0.2, 0.25) is 0 Å². The molecule has 6 nitrogen and oxygen atoms in total. The van der Waals surface area contributed by atoms with Crippen LogP contribution in [0.25, 0.3) is 5.69 Å². The number of aryl methyl sites for hydroxylation is 1. The number of anilines is 1. The van der Waals surface area contributed by atoms with Crippen molar-refractivity contribution in [3.63, 3.8) is 0 Å². The summed E-state index contributed by atoms with van der Waals surface area (Å²) in [4.78, 5) is 9.39. The lowest BCUT2D eigenvalue weighted by Crippen LogP contribution is -2.36. The van der Waals surface area contributed by atoms with E-state index in [-0.39, 0.29) is 12.1 Å². The standard InChI is InChI=1S/C27H33N5OS/c1-4-13-31-26(25(29-27(31)34)24-7-5-6-12-28-24)23-18-19(2)32(20(23)3)22-10-8-21(9-11-22)30-14-16-33-17-15-30/h5-12,18,25-26H,4,13-17H2,1-3H3,(H,29,34)/t25-,26-/m1/s1. The molecule has 2 aliphatic heterocycles. The van der Waals surface area contributed by atoms with Gasteiger partial charge in [-0.15, -0.1) is 0 Å². The van der Waals surface area contributed by atoms with Gasteiger partial charge >= 0.3 is 0 Å². The highest BCUT2D eigenvalue weighted by Gasteiger charge is 2.40. The Morgan fingerprint density at radius 3 is 2.47 bits per heavy atom. The van der Waals surface area contributed by atoms with Crippen molar-refractivity contribution in [2.75, 3.05) is 37.7 Å². The number of ether oxygens (including phenoxy) is 1. The molecule has 34 heavy (non-hydrogen) atoms. The molecule has 2 atom stereocenters. The van der Waals surface area contributed by atoms with Crippen molar-refractivity contribution >= 4 is 23.0 Å². The molecule has 2 fully saturated rings. The topological polar surface area (TPSA) is 45.6 Å². The lowest BCUT2D eigenvalue weighted by Gasteiger charge is -2.29. The third kappa shape index (κ3) is 4.18. The van der Waals surface area contributed by atoms with Gasteiger partial charge in [0.15, 0.2) is 5.11 Å². The summed E-state index contributed by atoms with van der Waals surface area (Å²) in [5, 5.41) is 4.37. The van der Waals surface area contributed by atoms with Gasteiger partial charge in [0.1, 0.15) is 0 Å². The molecule has 1 aromatic carbocycles. The fourth-order valence-electron chi connectivity index (χ4n) is 5.34. The predicted molar refractivity (Wildman–Crippen MR) is 141 cm³/mol. The summed E-state index contributed by atoms with van der Waals surface area (Å²) < 4.78 is 7.86. The molecule has 0 aliphatic carbocycles. The molecular weight excluding hydrogens is 442 g/mol. The predicted octanol–water partition coefficient (Wildman–Crippen LogP) is 4.71. The van der Waals surface area contributed by atoms with Crippen LogP contribution in [0.5, 0.6) is 0 Å². The van der Waals surface area contributed by atoms with Crippen LogP contribution < -0.4 is 10.2 Å². The van der Waals surface area contributed by atoms with Gasteiger partial charge in [-0.2, -0.15) is 0 Å². The molecule has 0 saturated carbocycles. The monoisotopic (exact) mass is 475 g/mol. The van der Waals surface area contributed by atoms with Crippen molar-refractivity contribution in [3.8, 4) is 5.69 Å². The molecule has 2 aliphatic rings. The summed E-state index contributed by atoms with van der Waals surface area (Å²) in [6.07, 6.45) is 2.90. The van der Waals surface area contributed by atoms with Crippen LogP contribution in [-0.4, -0.2) is 52.4 Å². The lowest BCUT2D eigenvalue weighted by molar-refractivity contribution is 0.122. The summed E-state index contributed by atoms with van der Waals surface area (Å²) >= 11 is 5.78. The Hall–Kier alpha value is -2.90. The fraction of sp³-hybridized carbons (Fsp3) is 0.407. The molecule has 5 rings (SSSR count). The Balaban J connectivity index is 1.51. The zero-order valence-corrected chi connectivity index (χ0v) is 21.0. The van der Waals surface area contributed by atoms with Crippen LogP contribution in [0.1, 0.15) is 48.1 Å². The van der Waals surface area contributed by atoms with Crippen molar-refractivity contribution in [2.24, 2.45) is 0 Å². The summed E-state index contributed by atoms with van der Waals surface area (Å²) in [5.41, 5.74) is 7.22. The Morgan fingerprint density at radius 1 is 1.06 bits per heavy atom. The Bertz CT molecular complexity index is 1140. The number of nitrogens with one attached hydrogen (secondary N) is 1. The maximum absolute atomic E-state index is 5.78. The Morgan fingerprint density at radius 2 is 1.79 bits per heavy atom. The third-order valence-corrected chi connectivity index (χ3v) is 7.29. The number of hydrogen-bond donors (Lipinski definition) is 1. The maximum atomic E-state index is 5.78. The molecule has 0 radical (unpaired) electrons. The zero-order chi connectivity index (χ0) is 23.7. The summed E-state index contributed by atoms with van der Waals surface area (Å²) in [7, 11) is 0. The van der Waals surface area contributed by atoms with E-state index in [4.69, 9.17) is 17.0 Å². The third-order valence-electron chi connectivity index (χ3n) is 6.94. The maximum Gasteiger partial charge on any atom is 0.170 e. The second kappa shape index (κ2) is 9.76. The Kier molecular flexibility index (Phi) is 6.57. The van der Waals surface area contributed by atoms with Crippen LogP contribution in [-0.2, 0) is 4.74 Å². The van der Waals surface area contributed by atoms with E-state index < -0.39 is 0 Å². The van der Waals surface area contributed by atoms with E-state index in [0.29, 0.717) is 0 Å². The number of pyridine rings is 1. The number of hydrogen-bond acceptors (Lipinski definition) is 4. The van der Waals surface area contributed by atoms with Gasteiger partial charge in [-0.1, -0.05) is 13.0 Å². The van der Waals surface area contributed by atoms with Crippen molar-refractivity contribution in [3.05, 3.63) is 77.4 Å². The lowest BCUT2D eigenvalue weighted by atomic mass is 9.96. The first-order valence-electron chi connectivity index (χ1n) is 12.2. The van der Waals surface area contributed by atoms with E-state index in [2.05, 4.69) is 81.8 Å². The molecule has 0 unspecified atom stereocenters. The van der Waals surface area contributed by atoms with Crippen LogP contribution >= 0.6 is 12.2 Å². The molecule has 7 heteroatoms. The highest BCUT2D eigenvalue weighted by Crippen LogP contribution is 2.41. The van der Waals surface area contributed by atoms with Crippen molar-refractivity contribution in [1.29, 1.82) is 0 Å². The average Bonchev–Trinajstić information content (AvgIpc) is 3.35. The first-order chi connectivity index (χ1) is 16.6. The normalized spacial score (nSPS) is 20.6. The molecule has 3 aromatic rings. The second-order valence-electron chi connectivity index (χ2n) is 9.10. The molecule has 1 N–H and O–H groups in total. The molecule has 178 valence electrons. The molecule has 0 amide bonds. The highest BCUT2D eigenvalue weighted by molar-refractivity contribution is 7.80. The van der Waals surface area contributed by atoms with E-state index >= 15 is 0 Å². The van der Waals surface area contributed by atoms with Gasteiger partial charge in [-0.25, -0.2) is 0 Å². The minimum atomic E-state index is 0.0258. The fourth-order valence-corrected chi connectivity index (χ4v) is 5.68. The van der Waals surface area contributed by atoms with Crippen molar-refractivity contribution in [1.82, 2.24) is 19.8 Å². The van der Waals surface area contributed by atoms with Crippen LogP contribution in [0, 0.1) is 13.8 Å². The van der Waals surface area contributed by atoms with Gasteiger partial charge in [-0.05, 0) is 80.5 Å². The number of rotatable bonds is 6. The number of aromatic nitrogens is 2. The van der Waals surface area contributed by atoms with Crippen molar-refractivity contribution in [2.45, 2.75) is 39.3 Å². The number of nitrogens with zero attached hydrogens (tertiary/aromatic N) is 4. The molecule has 0 spiro atoms. The van der Waals surface area contributed by atoms with Crippen molar-refractivity contribution < 1.29 is 4.74 Å². The number of morpholine rings is 1. The summed E-state index contributed by atoms with van der Waals surface area (Å²) in [5.74, 6) is 0. The second-order valence-corrected chi connectivity index (χ2v) is 9.48. The van der Waals surface area contributed by atoms with E-state index in [0.717, 1.165) is 50.1 Å². The number of thiocarbonyl (C=S) groups is 1. The first kappa shape index (κ1) is 22.9. The molecule has 0 bridgehead atoms. The van der Waals surface area contributed by atoms with E-state index in [1.807, 2.05) is 18.3 Å². The van der Waals surface area contributed by atoms with Gasteiger partial charge in [0, 0.05) is 48.6 Å². The van der Waals surface area contributed by atoms with Gasteiger partial charge in [0.05, 0.1) is 31.0 Å². The van der Waals surface area contributed by atoms with Gasteiger partial charge < -0.3 is 24.4 Å². The average molecular weight is 476 g/mol. The quantitative estimate of drug-likeness (QED) is 0.521. The molecule has 2 saturated heterocycles. The summed E-state index contributed by atoms with van der Waals surface area (Å²) in [6.45, 7) is 11.0. The van der Waals surface area contributed by atoms with E-state index in [1.165, 1.54) is 28.3 Å². The minimum Gasteiger partial charge on any atom is -0.378 e. The minimum absolute atomic E-state index is 0.0258. The van der Waals surface area contributed by atoms with Gasteiger partial charge in [0.2, 0.25) is 0 Å². The number of benzene rings is 1. The van der Waals surface area contributed by atoms with Gasteiger partial charge in [0.25, 0.3) is 0 Å². The molecular formula is C27H33N5OS. The van der Waals surface area contributed by atoms with Crippen LogP contribution in [0.3, 0.4) is 0 Å². The largest absolute Gasteiger partial charge is 0.378 e. The highest BCUT2D eigenvalue weighted by atomic mass is 32.1. The first-order valence-corrected chi connectivity index (χ1v) is 12.6. The van der Waals surface area contributed by atoms with Gasteiger partial charge in [-0.3, -0.25) is 4.98 Å². The van der Waals surface area contributed by atoms with Crippen LogP contribution in [0.15, 0.2) is 54.7 Å². The molecule has 4 heterocycles. The SMILES string of the molecule is CCCN1C(=S)N[C@H](c2ccccn2)[C@H]1c1cc(C)n(-c2ccc(N3CCOCC3)cc2)c1C. The Labute approximate surface area is 207 Å². The van der Waals surface area contributed by atoms with E-state index in [9.17, 15) is 0 Å². The zero-order valence-electron chi connectivity index (χ0n) is 20.2. The van der Waals surface area contributed by atoms with E-state index in [1.54, 1.807) is 0 Å². The smallest absolute Gasteiger partial charge is 0.170 e. The molecule has 2 aromatic heterocycles. The summed E-state index contributed by atoms with van der Waals surface area (Å²) in [6, 6.07) is 17.5. The van der Waals surface area contributed by atoms with Crippen LogP contribution in [0.4, 0.5) is 5.69 Å².